The number of piperazine rings is 1. The van der Waals surface area contributed by atoms with Gasteiger partial charge in [0.1, 0.15) is 0 Å². The van der Waals surface area contributed by atoms with Crippen molar-refractivity contribution in [1.82, 2.24) is 10.6 Å². The van der Waals surface area contributed by atoms with Gasteiger partial charge in [-0.25, -0.2) is 0 Å². The molecule has 1 aromatic rings. The summed E-state index contributed by atoms with van der Waals surface area (Å²) in [7, 11) is 0. The van der Waals surface area contributed by atoms with Crippen LogP contribution in [0.5, 0.6) is 0 Å². The standard InChI is InChI=1S/C11H12Cl2N2O/c12-9-2-1-7(4-10(9)13)3-8-5-15-11(16)6-14-8/h1-2,4,8,14H,3,5-6H2,(H,15,16). The van der Waals surface area contributed by atoms with E-state index in [1.54, 1.807) is 6.07 Å². The highest BCUT2D eigenvalue weighted by Gasteiger charge is 2.17. The largest absolute Gasteiger partial charge is 0.353 e. The maximum atomic E-state index is 10.9. The molecule has 1 unspecified atom stereocenters. The third-order valence-electron chi connectivity index (χ3n) is 2.56. The monoisotopic (exact) mass is 258 g/mol. The molecule has 1 aromatic carbocycles. The fraction of sp³-hybridized carbons (Fsp3) is 0.364. The van der Waals surface area contributed by atoms with E-state index < -0.39 is 0 Å². The number of hydrogen-bond acceptors (Lipinski definition) is 2. The highest BCUT2D eigenvalue weighted by Crippen LogP contribution is 2.23. The molecule has 0 spiro atoms. The molecule has 5 heteroatoms. The van der Waals surface area contributed by atoms with Crippen LogP contribution in [0.25, 0.3) is 0 Å². The summed E-state index contributed by atoms with van der Waals surface area (Å²) in [5.41, 5.74) is 1.11. The first-order chi connectivity index (χ1) is 7.65. The Morgan fingerprint density at radius 3 is 2.75 bits per heavy atom. The first kappa shape index (κ1) is 11.7. The Balaban J connectivity index is 1.98. The van der Waals surface area contributed by atoms with Crippen LogP contribution >= 0.6 is 23.2 Å². The second-order valence-electron chi connectivity index (χ2n) is 3.83. The average Bonchev–Trinajstić information content (AvgIpc) is 2.27. The normalized spacial score (nSPS) is 20.6. The van der Waals surface area contributed by atoms with Crippen molar-refractivity contribution in [3.63, 3.8) is 0 Å². The molecule has 1 heterocycles. The molecule has 0 aliphatic carbocycles. The highest BCUT2D eigenvalue weighted by atomic mass is 35.5. The average molecular weight is 259 g/mol. The predicted octanol–water partition coefficient (Wildman–Crippen LogP) is 1.62. The molecule has 3 nitrogen and oxygen atoms in total. The zero-order valence-corrected chi connectivity index (χ0v) is 10.1. The molecule has 0 bridgehead atoms. The smallest absolute Gasteiger partial charge is 0.234 e. The van der Waals surface area contributed by atoms with Gasteiger partial charge in [-0.3, -0.25) is 4.79 Å². The van der Waals surface area contributed by atoms with Crippen LogP contribution in [0.1, 0.15) is 5.56 Å². The van der Waals surface area contributed by atoms with Crippen LogP contribution in [0, 0.1) is 0 Å². The lowest BCUT2D eigenvalue weighted by Crippen LogP contribution is -2.52. The summed E-state index contributed by atoms with van der Waals surface area (Å²) < 4.78 is 0. The molecule has 1 saturated heterocycles. The molecule has 86 valence electrons. The molecule has 0 radical (unpaired) electrons. The van der Waals surface area contributed by atoms with Gasteiger partial charge in [0.05, 0.1) is 16.6 Å². The Morgan fingerprint density at radius 1 is 1.31 bits per heavy atom. The molecular formula is C11H12Cl2N2O. The number of nitrogens with one attached hydrogen (secondary N) is 2. The van der Waals surface area contributed by atoms with Gasteiger partial charge in [0, 0.05) is 12.6 Å². The van der Waals surface area contributed by atoms with Gasteiger partial charge in [-0.15, -0.1) is 0 Å². The summed E-state index contributed by atoms with van der Waals surface area (Å²) in [6.45, 7) is 1.03. The summed E-state index contributed by atoms with van der Waals surface area (Å²) in [6.07, 6.45) is 0.831. The Kier molecular flexibility index (Phi) is 3.69. The molecule has 16 heavy (non-hydrogen) atoms. The Labute approximate surface area is 104 Å². The SMILES string of the molecule is O=C1CNC(Cc2ccc(Cl)c(Cl)c2)CN1. The van der Waals surface area contributed by atoms with E-state index in [1.165, 1.54) is 0 Å². The predicted molar refractivity (Wildman–Crippen MR) is 65.0 cm³/mol. The van der Waals surface area contributed by atoms with E-state index in [2.05, 4.69) is 10.6 Å². The minimum Gasteiger partial charge on any atom is -0.353 e. The van der Waals surface area contributed by atoms with Gasteiger partial charge in [-0.2, -0.15) is 0 Å². The van der Waals surface area contributed by atoms with E-state index in [9.17, 15) is 4.79 Å². The summed E-state index contributed by atoms with van der Waals surface area (Å²) in [5.74, 6) is 0.0467. The second-order valence-corrected chi connectivity index (χ2v) is 4.65. The highest BCUT2D eigenvalue weighted by molar-refractivity contribution is 6.42. The Morgan fingerprint density at radius 2 is 2.12 bits per heavy atom. The van der Waals surface area contributed by atoms with Gasteiger partial charge >= 0.3 is 0 Å². The van der Waals surface area contributed by atoms with Crippen molar-refractivity contribution < 1.29 is 4.79 Å². The van der Waals surface area contributed by atoms with Crippen molar-refractivity contribution in [2.75, 3.05) is 13.1 Å². The molecule has 1 aliphatic rings. The summed E-state index contributed by atoms with van der Waals surface area (Å²) in [5, 5.41) is 7.11. The minimum atomic E-state index is 0.0467. The molecule has 1 fully saturated rings. The Bertz CT molecular complexity index is 399. The summed E-state index contributed by atoms with van der Waals surface area (Å²) >= 11 is 11.8. The van der Waals surface area contributed by atoms with Crippen molar-refractivity contribution in [3.8, 4) is 0 Å². The molecular weight excluding hydrogens is 247 g/mol. The van der Waals surface area contributed by atoms with Crippen LogP contribution in [-0.4, -0.2) is 25.0 Å². The fourth-order valence-electron chi connectivity index (χ4n) is 1.70. The van der Waals surface area contributed by atoms with E-state index in [4.69, 9.17) is 23.2 Å². The number of halogens is 2. The number of rotatable bonds is 2. The van der Waals surface area contributed by atoms with E-state index in [-0.39, 0.29) is 11.9 Å². The first-order valence-corrected chi connectivity index (χ1v) is 5.85. The summed E-state index contributed by atoms with van der Waals surface area (Å²) in [6, 6.07) is 5.87. The lowest BCUT2D eigenvalue weighted by Gasteiger charge is -2.24. The molecule has 1 aliphatic heterocycles. The summed E-state index contributed by atoms with van der Waals surface area (Å²) in [4.78, 5) is 10.9. The quantitative estimate of drug-likeness (QED) is 0.847. The minimum absolute atomic E-state index is 0.0467. The van der Waals surface area contributed by atoms with Crippen LogP contribution in [0.4, 0.5) is 0 Å². The third kappa shape index (κ3) is 2.88. The topological polar surface area (TPSA) is 41.1 Å². The number of carbonyl (C=O) groups is 1. The van der Waals surface area contributed by atoms with Crippen molar-refractivity contribution in [3.05, 3.63) is 33.8 Å². The maximum Gasteiger partial charge on any atom is 0.234 e. The van der Waals surface area contributed by atoms with Crippen LogP contribution < -0.4 is 10.6 Å². The van der Waals surface area contributed by atoms with Crippen LogP contribution in [0.15, 0.2) is 18.2 Å². The number of carbonyl (C=O) groups excluding carboxylic acids is 1. The first-order valence-electron chi connectivity index (χ1n) is 5.09. The second kappa shape index (κ2) is 5.04. The van der Waals surface area contributed by atoms with Gasteiger partial charge in [0.15, 0.2) is 0 Å². The van der Waals surface area contributed by atoms with Gasteiger partial charge in [0.2, 0.25) is 5.91 Å². The third-order valence-corrected chi connectivity index (χ3v) is 3.30. The molecule has 2 N–H and O–H groups in total. The molecule has 1 amide bonds. The number of benzene rings is 1. The van der Waals surface area contributed by atoms with E-state index in [1.807, 2.05) is 12.1 Å². The Hall–Kier alpha value is -0.770. The number of amides is 1. The lowest BCUT2D eigenvalue weighted by molar-refractivity contribution is -0.121. The van der Waals surface area contributed by atoms with Gasteiger partial charge < -0.3 is 10.6 Å². The van der Waals surface area contributed by atoms with Crippen molar-refractivity contribution >= 4 is 29.1 Å². The van der Waals surface area contributed by atoms with Gasteiger partial charge in [0.25, 0.3) is 0 Å². The molecule has 0 aromatic heterocycles. The fourth-order valence-corrected chi connectivity index (χ4v) is 2.02. The maximum absolute atomic E-state index is 10.9. The van der Waals surface area contributed by atoms with E-state index in [0.29, 0.717) is 23.1 Å². The molecule has 0 saturated carbocycles. The molecule has 2 rings (SSSR count). The van der Waals surface area contributed by atoms with Crippen LogP contribution in [0.2, 0.25) is 10.0 Å². The zero-order chi connectivity index (χ0) is 11.5. The number of hydrogen-bond donors (Lipinski definition) is 2. The van der Waals surface area contributed by atoms with Crippen molar-refractivity contribution in [2.45, 2.75) is 12.5 Å². The lowest BCUT2D eigenvalue weighted by atomic mass is 10.0. The van der Waals surface area contributed by atoms with Gasteiger partial charge in [-0.05, 0) is 24.1 Å². The van der Waals surface area contributed by atoms with E-state index >= 15 is 0 Å². The molecule has 1 atom stereocenters. The van der Waals surface area contributed by atoms with Crippen LogP contribution in [0.3, 0.4) is 0 Å². The van der Waals surface area contributed by atoms with Crippen LogP contribution in [-0.2, 0) is 11.2 Å². The van der Waals surface area contributed by atoms with Crippen molar-refractivity contribution in [1.29, 1.82) is 0 Å². The van der Waals surface area contributed by atoms with E-state index in [0.717, 1.165) is 12.0 Å². The van der Waals surface area contributed by atoms with Gasteiger partial charge in [-0.1, -0.05) is 29.3 Å². The zero-order valence-electron chi connectivity index (χ0n) is 8.59. The van der Waals surface area contributed by atoms with Crippen molar-refractivity contribution in [2.24, 2.45) is 0 Å².